The summed E-state index contributed by atoms with van der Waals surface area (Å²) in [6.45, 7) is 0. The number of nitroso groups, excluding NO2 is 1. The topological polar surface area (TPSA) is 128 Å². The maximum absolute atomic E-state index is 12.3. The summed E-state index contributed by atoms with van der Waals surface area (Å²) in [5.41, 5.74) is 6.57. The van der Waals surface area contributed by atoms with Gasteiger partial charge in [0.15, 0.2) is 0 Å². The van der Waals surface area contributed by atoms with E-state index in [2.05, 4.69) is 9.90 Å². The lowest BCUT2D eigenvalue weighted by Gasteiger charge is -2.10. The van der Waals surface area contributed by atoms with Crippen molar-refractivity contribution in [1.82, 2.24) is 0 Å². The second-order valence-electron chi connectivity index (χ2n) is 5.22. The summed E-state index contributed by atoms with van der Waals surface area (Å²) in [6, 6.07) is 11.3. The van der Waals surface area contributed by atoms with Gasteiger partial charge >= 0.3 is 5.91 Å². The third kappa shape index (κ3) is 4.85. The molecule has 0 aliphatic carbocycles. The zero-order valence-corrected chi connectivity index (χ0v) is 14.2. The molecule has 9 heteroatoms. The molecule has 1 amide bonds. The van der Waals surface area contributed by atoms with Gasteiger partial charge in [0, 0.05) is 10.9 Å². The van der Waals surface area contributed by atoms with Gasteiger partial charge in [0.25, 0.3) is 10.0 Å². The van der Waals surface area contributed by atoms with Crippen LogP contribution in [-0.4, -0.2) is 27.5 Å². The number of hydrogen-bond donors (Lipinski definition) is 2. The number of methoxy groups -OCH3 is 1. The number of anilines is 1. The van der Waals surface area contributed by atoms with E-state index < -0.39 is 22.0 Å². The number of ether oxygens (including phenoxy) is 1. The molecule has 0 bridgehead atoms. The number of amides is 1. The van der Waals surface area contributed by atoms with Gasteiger partial charge in [-0.2, -0.15) is 0 Å². The second-order valence-corrected chi connectivity index (χ2v) is 6.90. The molecule has 0 saturated carbocycles. The van der Waals surface area contributed by atoms with E-state index in [0.29, 0.717) is 17.0 Å². The summed E-state index contributed by atoms with van der Waals surface area (Å²) in [4.78, 5) is 21.3. The minimum atomic E-state index is -3.73. The van der Waals surface area contributed by atoms with Crippen LogP contribution in [0.2, 0.25) is 0 Å². The Balaban J connectivity index is 2.09. The molecule has 8 nitrogen and oxygen atoms in total. The first-order valence-electron chi connectivity index (χ1n) is 7.24. The first-order valence-corrected chi connectivity index (χ1v) is 8.72. The summed E-state index contributed by atoms with van der Waals surface area (Å²) >= 11 is 0. The van der Waals surface area contributed by atoms with Crippen molar-refractivity contribution >= 4 is 21.6 Å². The van der Waals surface area contributed by atoms with Crippen molar-refractivity contribution in [2.75, 3.05) is 11.8 Å². The Hall–Kier alpha value is -2.78. The number of nitrogens with zero attached hydrogens (tertiary/aromatic N) is 1. The van der Waals surface area contributed by atoms with Gasteiger partial charge in [0.1, 0.15) is 5.75 Å². The van der Waals surface area contributed by atoms with E-state index in [-0.39, 0.29) is 11.3 Å². The molecule has 25 heavy (non-hydrogen) atoms. The molecule has 0 aromatic heterocycles. The summed E-state index contributed by atoms with van der Waals surface area (Å²) in [5.74, 6) is -0.372. The van der Waals surface area contributed by atoms with Crippen LogP contribution in [0.5, 0.6) is 5.75 Å². The molecule has 0 aliphatic heterocycles. The molecule has 2 aromatic rings. The Morgan fingerprint density at radius 1 is 1.16 bits per heavy atom. The summed E-state index contributed by atoms with van der Waals surface area (Å²) in [7, 11) is -2.24. The van der Waals surface area contributed by atoms with Crippen molar-refractivity contribution in [3.8, 4) is 5.75 Å². The number of nitrogens with one attached hydrogen (secondary N) is 1. The highest BCUT2D eigenvalue weighted by Crippen LogP contribution is 2.19. The van der Waals surface area contributed by atoms with Gasteiger partial charge in [0.2, 0.25) is 0 Å². The zero-order valence-electron chi connectivity index (χ0n) is 13.4. The van der Waals surface area contributed by atoms with Crippen LogP contribution in [0.25, 0.3) is 0 Å². The largest absolute Gasteiger partial charge is 0.497 e. The Kier molecular flexibility index (Phi) is 5.84. The van der Waals surface area contributed by atoms with E-state index in [1.165, 1.54) is 19.2 Å². The third-order valence-corrected chi connectivity index (χ3v) is 4.84. The van der Waals surface area contributed by atoms with Crippen LogP contribution >= 0.6 is 0 Å². The first kappa shape index (κ1) is 18.6. The molecule has 0 fully saturated rings. The number of hydrogen-bond acceptors (Lipinski definition) is 6. The predicted octanol–water partition coefficient (Wildman–Crippen LogP) is 1.66. The highest BCUT2D eigenvalue weighted by atomic mass is 32.2. The van der Waals surface area contributed by atoms with Crippen LogP contribution in [0.1, 0.15) is 5.56 Å². The Bertz CT molecular complexity index is 848. The first-order chi connectivity index (χ1) is 11.9. The van der Waals surface area contributed by atoms with Crippen molar-refractivity contribution in [3.63, 3.8) is 0 Å². The zero-order chi connectivity index (χ0) is 18.4. The van der Waals surface area contributed by atoms with Crippen LogP contribution in [0.4, 0.5) is 5.69 Å². The van der Waals surface area contributed by atoms with Gasteiger partial charge in [-0.3, -0.25) is 9.52 Å². The van der Waals surface area contributed by atoms with Gasteiger partial charge in [-0.15, -0.1) is 4.91 Å². The van der Waals surface area contributed by atoms with Crippen LogP contribution in [0.15, 0.2) is 58.6 Å². The predicted molar refractivity (Wildman–Crippen MR) is 92.7 cm³/mol. The average molecular weight is 363 g/mol. The highest BCUT2D eigenvalue weighted by molar-refractivity contribution is 7.92. The molecule has 0 saturated heterocycles. The van der Waals surface area contributed by atoms with Crippen molar-refractivity contribution in [3.05, 3.63) is 59.0 Å². The van der Waals surface area contributed by atoms with Crippen molar-refractivity contribution < 1.29 is 17.9 Å². The molecular weight excluding hydrogens is 346 g/mol. The smallest absolute Gasteiger partial charge is 0.303 e. The van der Waals surface area contributed by atoms with E-state index in [1.807, 2.05) is 0 Å². The number of sulfonamides is 1. The molecule has 0 heterocycles. The molecular formula is C16H17N3O5S. The van der Waals surface area contributed by atoms with Crippen molar-refractivity contribution in [1.29, 1.82) is 0 Å². The van der Waals surface area contributed by atoms with Crippen LogP contribution in [-0.2, 0) is 21.2 Å². The Morgan fingerprint density at radius 2 is 1.76 bits per heavy atom. The number of carbonyl (C=O) groups is 1. The SMILES string of the molecule is COc1ccc(S(=O)(=O)Nc2ccc(C[C@H](N)C(=O)N=O)cc2)cc1. The average Bonchev–Trinajstić information content (AvgIpc) is 2.62. The minimum Gasteiger partial charge on any atom is -0.497 e. The number of rotatable bonds is 7. The van der Waals surface area contributed by atoms with Crippen molar-refractivity contribution in [2.24, 2.45) is 10.9 Å². The Morgan fingerprint density at radius 3 is 2.28 bits per heavy atom. The molecule has 1 atom stereocenters. The molecule has 2 rings (SSSR count). The van der Waals surface area contributed by atoms with E-state index in [1.54, 1.807) is 36.4 Å². The van der Waals surface area contributed by atoms with Crippen LogP contribution in [0, 0.1) is 4.91 Å². The summed E-state index contributed by atoms with van der Waals surface area (Å²) < 4.78 is 32.1. The molecule has 132 valence electrons. The monoisotopic (exact) mass is 363 g/mol. The molecule has 0 spiro atoms. The standard InChI is InChI=1S/C16H17N3O5S/c1-24-13-6-8-14(9-7-13)25(22,23)19-12-4-2-11(3-5-12)10-15(17)16(20)18-21/h2-9,15,19H,10,17H2,1H3/t15-/m0/s1. The lowest BCUT2D eigenvalue weighted by Crippen LogP contribution is -2.31. The van der Waals surface area contributed by atoms with Crippen LogP contribution < -0.4 is 15.2 Å². The summed E-state index contributed by atoms with van der Waals surface area (Å²) in [5, 5.41) is 2.28. The van der Waals surface area contributed by atoms with Crippen molar-refractivity contribution in [2.45, 2.75) is 17.4 Å². The lowest BCUT2D eigenvalue weighted by atomic mass is 10.1. The minimum absolute atomic E-state index is 0.0991. The molecule has 0 aliphatic rings. The second kappa shape index (κ2) is 7.86. The van der Waals surface area contributed by atoms with E-state index in [9.17, 15) is 18.1 Å². The quantitative estimate of drug-likeness (QED) is 0.720. The van der Waals surface area contributed by atoms with E-state index >= 15 is 0 Å². The molecule has 3 N–H and O–H groups in total. The van der Waals surface area contributed by atoms with E-state index in [0.717, 1.165) is 0 Å². The Labute approximate surface area is 145 Å². The normalized spacial score (nSPS) is 12.2. The van der Waals surface area contributed by atoms with Gasteiger partial charge < -0.3 is 10.5 Å². The number of carbonyl (C=O) groups excluding carboxylic acids is 1. The maximum Gasteiger partial charge on any atom is 0.303 e. The number of benzene rings is 2. The van der Waals surface area contributed by atoms with Gasteiger partial charge in [-0.25, -0.2) is 8.42 Å². The third-order valence-electron chi connectivity index (χ3n) is 3.44. The van der Waals surface area contributed by atoms with Crippen LogP contribution in [0.3, 0.4) is 0 Å². The lowest BCUT2D eigenvalue weighted by molar-refractivity contribution is -0.119. The fraction of sp³-hybridized carbons (Fsp3) is 0.188. The van der Waals surface area contributed by atoms with Gasteiger partial charge in [0.05, 0.1) is 18.0 Å². The fourth-order valence-electron chi connectivity index (χ4n) is 2.09. The maximum atomic E-state index is 12.3. The van der Waals surface area contributed by atoms with Gasteiger partial charge in [-0.1, -0.05) is 12.1 Å². The number of nitrogens with two attached hydrogens (primary N) is 1. The van der Waals surface area contributed by atoms with Gasteiger partial charge in [-0.05, 0) is 48.4 Å². The molecule has 0 radical (unpaired) electrons. The summed E-state index contributed by atoms with van der Waals surface area (Å²) in [6.07, 6.45) is 0.135. The molecule has 2 aromatic carbocycles. The highest BCUT2D eigenvalue weighted by Gasteiger charge is 2.16. The fourth-order valence-corrected chi connectivity index (χ4v) is 3.15. The molecule has 0 unspecified atom stereocenters. The van der Waals surface area contributed by atoms with E-state index in [4.69, 9.17) is 10.5 Å².